The molecule has 3 aliphatic carbocycles. The molecule has 1 aromatic rings. The van der Waals surface area contributed by atoms with E-state index in [4.69, 9.17) is 4.55 Å². The molecule has 2 atom stereocenters. The molecular weight excluding hydrogens is 422 g/mol. The van der Waals surface area contributed by atoms with Gasteiger partial charge in [-0.2, -0.15) is 4.31 Å². The van der Waals surface area contributed by atoms with Crippen LogP contribution >= 0.6 is 10.8 Å². The number of carbonyl (C=O) groups is 1. The minimum Gasteiger partial charge on any atom is -0.335 e. The average Bonchev–Trinajstić information content (AvgIpc) is 3.73. The quantitative estimate of drug-likeness (QED) is 0.638. The van der Waals surface area contributed by atoms with Gasteiger partial charge in [0.25, 0.3) is 0 Å². The van der Waals surface area contributed by atoms with Crippen molar-refractivity contribution in [1.29, 1.82) is 0 Å². The van der Waals surface area contributed by atoms with Gasteiger partial charge < -0.3 is 14.8 Å². The van der Waals surface area contributed by atoms with Crippen molar-refractivity contribution in [2.45, 2.75) is 87.5 Å². The smallest absolute Gasteiger partial charge is 0.317 e. The van der Waals surface area contributed by atoms with Crippen LogP contribution in [-0.4, -0.2) is 61.8 Å². The van der Waals surface area contributed by atoms with Crippen LogP contribution in [0, 0.1) is 5.41 Å². The maximum atomic E-state index is 13.0. The third-order valence-corrected chi connectivity index (χ3v) is 11.5. The topological polar surface area (TPSA) is 78.7 Å². The molecule has 5 rings (SSSR count). The van der Waals surface area contributed by atoms with E-state index >= 15 is 0 Å². The van der Waals surface area contributed by atoms with Crippen molar-refractivity contribution < 1.29 is 13.9 Å². The number of benzene rings is 1. The molecular formula is C25H40N3O3S+. The Labute approximate surface area is 194 Å². The van der Waals surface area contributed by atoms with Gasteiger partial charge in [0.05, 0.1) is 0 Å². The summed E-state index contributed by atoms with van der Waals surface area (Å²) >= 11 is 0. The van der Waals surface area contributed by atoms with Crippen molar-refractivity contribution in [1.82, 2.24) is 14.5 Å². The van der Waals surface area contributed by atoms with Gasteiger partial charge in [-0.1, -0.05) is 37.3 Å². The second kappa shape index (κ2) is 8.19. The predicted octanol–water partition coefficient (Wildman–Crippen LogP) is 4.38. The summed E-state index contributed by atoms with van der Waals surface area (Å²) in [6.45, 7) is 3.84. The van der Waals surface area contributed by atoms with E-state index in [1.54, 1.807) is 0 Å². The van der Waals surface area contributed by atoms with Gasteiger partial charge in [0, 0.05) is 32.2 Å². The van der Waals surface area contributed by atoms with E-state index in [1.807, 2.05) is 16.3 Å². The molecule has 3 saturated carbocycles. The Hall–Kier alpha value is -1.28. The molecule has 32 heavy (non-hydrogen) atoms. The van der Waals surface area contributed by atoms with Gasteiger partial charge in [-0.25, -0.2) is 4.79 Å². The summed E-state index contributed by atoms with van der Waals surface area (Å²) in [6, 6.07) is 11.5. The number of nitrogens with one attached hydrogen (secondary N) is 1. The van der Waals surface area contributed by atoms with Gasteiger partial charge in [0.2, 0.25) is 0 Å². The number of carbonyl (C=O) groups excluding carboxylic acids is 1. The summed E-state index contributed by atoms with van der Waals surface area (Å²) in [5.41, 5.74) is 2.02. The average molecular weight is 463 g/mol. The molecule has 1 aliphatic heterocycles. The van der Waals surface area contributed by atoms with Crippen LogP contribution in [0.3, 0.4) is 0 Å². The van der Waals surface area contributed by atoms with E-state index in [1.165, 1.54) is 31.2 Å². The lowest BCUT2D eigenvalue weighted by Crippen LogP contribution is -2.50. The van der Waals surface area contributed by atoms with Crippen LogP contribution in [0.5, 0.6) is 0 Å². The maximum Gasteiger partial charge on any atom is 0.317 e. The first kappa shape index (κ1) is 22.5. The predicted molar refractivity (Wildman–Crippen MR) is 131 cm³/mol. The van der Waals surface area contributed by atoms with Crippen LogP contribution in [0.1, 0.15) is 70.3 Å². The summed E-state index contributed by atoms with van der Waals surface area (Å²) in [4.78, 5) is 14.9. The monoisotopic (exact) mass is 462 g/mol. The van der Waals surface area contributed by atoms with E-state index in [9.17, 15) is 9.35 Å². The minimum atomic E-state index is -2.35. The molecule has 1 heterocycles. The van der Waals surface area contributed by atoms with Crippen molar-refractivity contribution >= 4 is 16.8 Å². The first-order chi connectivity index (χ1) is 15.2. The third kappa shape index (κ3) is 4.17. The molecule has 4 aliphatic rings. The van der Waals surface area contributed by atoms with Gasteiger partial charge in [-0.05, 0) is 85.0 Å². The number of rotatable bonds is 5. The van der Waals surface area contributed by atoms with Crippen LogP contribution in [0.4, 0.5) is 4.79 Å². The number of hydrogen-bond acceptors (Lipinski definition) is 3. The highest BCUT2D eigenvalue weighted by atomic mass is 32.3. The maximum absolute atomic E-state index is 13.0. The number of hydrogen-bond donors (Lipinski definition) is 2. The Morgan fingerprint density at radius 2 is 1.75 bits per heavy atom. The molecule has 1 saturated heterocycles. The largest absolute Gasteiger partial charge is 0.335 e. The third-order valence-electron chi connectivity index (χ3n) is 8.98. The van der Waals surface area contributed by atoms with Crippen molar-refractivity contribution in [3.8, 4) is 0 Å². The van der Waals surface area contributed by atoms with E-state index in [0.717, 1.165) is 45.2 Å². The highest BCUT2D eigenvalue weighted by Gasteiger charge is 2.57. The van der Waals surface area contributed by atoms with E-state index in [-0.39, 0.29) is 22.7 Å². The molecule has 0 bridgehead atoms. The Kier molecular flexibility index (Phi) is 5.76. The number of piperidine rings is 1. The zero-order valence-electron chi connectivity index (χ0n) is 19.6. The fourth-order valence-corrected chi connectivity index (χ4v) is 8.05. The zero-order valence-corrected chi connectivity index (χ0v) is 20.4. The fourth-order valence-electron chi connectivity index (χ4n) is 6.07. The van der Waals surface area contributed by atoms with Gasteiger partial charge >= 0.3 is 6.03 Å². The SMILES string of the molecule is CN(C(=O)N[C@H]1CC12CCC(C)(c1ccccc1)CC2)C1CCN(S(O)([OH2+])C2CC2)CC1. The summed E-state index contributed by atoms with van der Waals surface area (Å²) in [5, 5.41) is 3.53. The first-order valence-corrected chi connectivity index (χ1v) is 14.0. The highest BCUT2D eigenvalue weighted by Crippen LogP contribution is 2.60. The Morgan fingerprint density at radius 1 is 1.12 bits per heavy atom. The fraction of sp³-hybridized carbons (Fsp3) is 0.720. The van der Waals surface area contributed by atoms with Crippen LogP contribution in [0.15, 0.2) is 30.3 Å². The zero-order chi connectivity index (χ0) is 22.6. The van der Waals surface area contributed by atoms with Crippen LogP contribution in [0.2, 0.25) is 0 Å². The van der Waals surface area contributed by atoms with Crippen LogP contribution < -0.4 is 5.32 Å². The van der Waals surface area contributed by atoms with Crippen molar-refractivity contribution in [3.63, 3.8) is 0 Å². The molecule has 6 nitrogen and oxygen atoms in total. The van der Waals surface area contributed by atoms with E-state index in [2.05, 4.69) is 42.6 Å². The first-order valence-electron chi connectivity index (χ1n) is 12.4. The molecule has 1 aromatic carbocycles. The Bertz CT molecular complexity index is 828. The van der Waals surface area contributed by atoms with Crippen LogP contribution in [0.25, 0.3) is 0 Å². The van der Waals surface area contributed by atoms with Gasteiger partial charge in [0.15, 0.2) is 0 Å². The van der Waals surface area contributed by atoms with Crippen molar-refractivity contribution in [2.24, 2.45) is 5.41 Å². The van der Waals surface area contributed by atoms with Crippen molar-refractivity contribution in [3.05, 3.63) is 35.9 Å². The van der Waals surface area contributed by atoms with Gasteiger partial charge in [-0.3, -0.25) is 4.55 Å². The molecule has 4 N–H and O–H groups in total. The lowest BCUT2D eigenvalue weighted by molar-refractivity contribution is 0.156. The van der Waals surface area contributed by atoms with Crippen LogP contribution in [-0.2, 0) is 5.41 Å². The normalized spacial score (nSPS) is 36.3. The molecule has 2 amide bonds. The summed E-state index contributed by atoms with van der Waals surface area (Å²) in [5.74, 6) is 0. The second-order valence-corrected chi connectivity index (χ2v) is 13.4. The summed E-state index contributed by atoms with van der Waals surface area (Å²) in [6.07, 6.45) is 9.55. The van der Waals surface area contributed by atoms with Gasteiger partial charge in [0.1, 0.15) is 5.25 Å². The molecule has 0 aromatic heterocycles. The summed E-state index contributed by atoms with van der Waals surface area (Å²) in [7, 11) is -0.436. The van der Waals surface area contributed by atoms with Crippen molar-refractivity contribution in [2.75, 3.05) is 20.1 Å². The number of amides is 2. The molecule has 1 spiro atoms. The Morgan fingerprint density at radius 3 is 2.34 bits per heavy atom. The molecule has 178 valence electrons. The molecule has 0 radical (unpaired) electrons. The number of urea groups is 1. The lowest BCUT2D eigenvalue weighted by atomic mass is 9.66. The van der Waals surface area contributed by atoms with Gasteiger partial charge in [-0.15, -0.1) is 0 Å². The molecule has 1 unspecified atom stereocenters. The van der Waals surface area contributed by atoms with E-state index < -0.39 is 10.8 Å². The highest BCUT2D eigenvalue weighted by molar-refractivity contribution is 8.23. The number of nitrogens with zero attached hydrogens (tertiary/aromatic N) is 2. The van der Waals surface area contributed by atoms with E-state index in [0.29, 0.717) is 11.5 Å². The minimum absolute atomic E-state index is 0.0531. The molecule has 7 heteroatoms. The molecule has 4 fully saturated rings. The standard InChI is InChI=1S/C25H39N3O3S/c1-24(19-6-4-3-5-7-19)12-14-25(15-13-24)18-22(25)26-23(29)27(2)20-10-16-28(17-11-20)32(30,31)21-8-9-21/h3-7,20-22,30-31H,8-18H2,1-2H3,(H,26,29)/p+1/t22-,24?,25?/m0/s1. The second-order valence-electron chi connectivity index (χ2n) is 11.1. The lowest BCUT2D eigenvalue weighted by Gasteiger charge is -2.44. The summed E-state index contributed by atoms with van der Waals surface area (Å²) < 4.78 is 20.9. The Balaban J connectivity index is 1.10.